The van der Waals surface area contributed by atoms with E-state index in [9.17, 15) is 9.59 Å². The number of carbonyl (C=O) groups is 2. The Morgan fingerprint density at radius 3 is 2.17 bits per heavy atom. The molecule has 2 fully saturated rings. The lowest BCUT2D eigenvalue weighted by Crippen LogP contribution is -2.46. The number of fused-ring (bicyclic) bond motifs is 1. The molecule has 4 atom stereocenters. The molecule has 1 spiro atoms. The lowest BCUT2D eigenvalue weighted by atomic mass is 9.59. The van der Waals surface area contributed by atoms with Crippen LogP contribution < -0.4 is 0 Å². The topological polar surface area (TPSA) is 52.6 Å². The average Bonchev–Trinajstić information content (AvgIpc) is 3.21. The fraction of sp³-hybridized carbons (Fsp3) is 0.360. The third kappa shape index (κ3) is 1.99. The summed E-state index contributed by atoms with van der Waals surface area (Å²) < 4.78 is 11.7. The Morgan fingerprint density at radius 1 is 0.931 bits per heavy atom. The molecule has 0 saturated carbocycles. The van der Waals surface area contributed by atoms with E-state index >= 15 is 0 Å². The number of benzene rings is 3. The van der Waals surface area contributed by atoms with Crippen LogP contribution >= 0.6 is 0 Å². The van der Waals surface area contributed by atoms with Crippen molar-refractivity contribution in [2.75, 3.05) is 0 Å². The fourth-order valence-corrected chi connectivity index (χ4v) is 5.94. The summed E-state index contributed by atoms with van der Waals surface area (Å²) in [5.74, 6) is -1.11. The summed E-state index contributed by atoms with van der Waals surface area (Å²) in [6.45, 7) is 2.11. The Hall–Kier alpha value is -2.88. The Morgan fingerprint density at radius 2 is 1.55 bits per heavy atom. The van der Waals surface area contributed by atoms with Crippen LogP contribution in [0.2, 0.25) is 0 Å². The van der Waals surface area contributed by atoms with Gasteiger partial charge in [0.1, 0.15) is 17.4 Å². The van der Waals surface area contributed by atoms with Gasteiger partial charge in [0.25, 0.3) is 0 Å². The Kier molecular flexibility index (Phi) is 3.41. The van der Waals surface area contributed by atoms with Crippen LogP contribution in [0.5, 0.6) is 0 Å². The van der Waals surface area contributed by atoms with Crippen LogP contribution in [0.4, 0.5) is 0 Å². The quantitative estimate of drug-likeness (QED) is 0.493. The van der Waals surface area contributed by atoms with Crippen LogP contribution in [-0.2, 0) is 30.9 Å². The number of carbonyl (C=O) groups excluding carboxylic acids is 2. The van der Waals surface area contributed by atoms with E-state index in [4.69, 9.17) is 9.47 Å². The van der Waals surface area contributed by atoms with Crippen molar-refractivity contribution in [3.05, 3.63) is 59.7 Å². The highest BCUT2D eigenvalue weighted by Crippen LogP contribution is 2.58. The second kappa shape index (κ2) is 5.82. The third-order valence-corrected chi connectivity index (χ3v) is 7.14. The molecule has 4 heteroatoms. The third-order valence-electron chi connectivity index (χ3n) is 7.14. The average molecular weight is 386 g/mol. The van der Waals surface area contributed by atoms with Gasteiger partial charge in [0, 0.05) is 0 Å². The van der Waals surface area contributed by atoms with E-state index in [0.717, 1.165) is 51.9 Å². The molecule has 2 saturated heterocycles. The summed E-state index contributed by atoms with van der Waals surface area (Å²) in [5.41, 5.74) is 1.11. The molecule has 3 aromatic carbocycles. The van der Waals surface area contributed by atoms with E-state index in [1.54, 1.807) is 0 Å². The molecule has 4 aliphatic rings. The maximum atomic E-state index is 13.5. The molecular formula is C25H22O4. The minimum Gasteiger partial charge on any atom is -0.458 e. The molecule has 3 aromatic rings. The predicted octanol–water partition coefficient (Wildman–Crippen LogP) is 4.44. The van der Waals surface area contributed by atoms with E-state index in [1.165, 1.54) is 0 Å². The molecule has 146 valence electrons. The molecule has 2 aliphatic heterocycles. The van der Waals surface area contributed by atoms with Crippen molar-refractivity contribution in [2.45, 2.75) is 50.2 Å². The molecule has 0 unspecified atom stereocenters. The highest BCUT2D eigenvalue weighted by Gasteiger charge is 2.69. The van der Waals surface area contributed by atoms with Gasteiger partial charge in [0.05, 0.1) is 0 Å². The van der Waals surface area contributed by atoms with Gasteiger partial charge in [-0.25, -0.2) is 0 Å². The van der Waals surface area contributed by atoms with Crippen molar-refractivity contribution < 1.29 is 19.1 Å². The van der Waals surface area contributed by atoms with Gasteiger partial charge in [0.15, 0.2) is 6.10 Å². The highest BCUT2D eigenvalue weighted by atomic mass is 16.6. The molecule has 2 heterocycles. The van der Waals surface area contributed by atoms with E-state index in [0.29, 0.717) is 6.42 Å². The monoisotopic (exact) mass is 386 g/mol. The largest absolute Gasteiger partial charge is 0.458 e. The van der Waals surface area contributed by atoms with Gasteiger partial charge in [-0.1, -0.05) is 61.9 Å². The summed E-state index contributed by atoms with van der Waals surface area (Å²) in [7, 11) is 0. The lowest BCUT2D eigenvalue weighted by molar-refractivity contribution is -0.157. The number of cyclic esters (lactones) is 1. The Balaban J connectivity index is 1.63. The SMILES string of the molecule is CCCC[C@@H]1OC(=O)[C@H]2[C@@H]1OC(=O)[C@]21Cc2c3ccccc3c1c1ccccc21. The first-order valence-electron chi connectivity index (χ1n) is 10.5. The normalized spacial score (nSPS) is 29.6. The van der Waals surface area contributed by atoms with Gasteiger partial charge in [-0.3, -0.25) is 9.59 Å². The summed E-state index contributed by atoms with van der Waals surface area (Å²) in [5, 5.41) is 4.43. The summed E-state index contributed by atoms with van der Waals surface area (Å²) >= 11 is 0. The molecule has 29 heavy (non-hydrogen) atoms. The van der Waals surface area contributed by atoms with Gasteiger partial charge in [-0.05, 0) is 51.9 Å². The van der Waals surface area contributed by atoms with Gasteiger partial charge < -0.3 is 9.47 Å². The molecular weight excluding hydrogens is 364 g/mol. The van der Waals surface area contributed by atoms with Crippen LogP contribution in [0.3, 0.4) is 0 Å². The summed E-state index contributed by atoms with van der Waals surface area (Å²) in [4.78, 5) is 26.5. The first kappa shape index (κ1) is 17.0. The van der Waals surface area contributed by atoms with E-state index in [2.05, 4.69) is 31.2 Å². The lowest BCUT2D eigenvalue weighted by Gasteiger charge is -2.38. The van der Waals surface area contributed by atoms with Crippen molar-refractivity contribution in [3.63, 3.8) is 0 Å². The first-order valence-corrected chi connectivity index (χ1v) is 10.5. The zero-order chi connectivity index (χ0) is 19.8. The molecule has 2 bridgehead atoms. The number of rotatable bonds is 3. The zero-order valence-corrected chi connectivity index (χ0v) is 16.3. The van der Waals surface area contributed by atoms with Crippen molar-refractivity contribution in [1.82, 2.24) is 0 Å². The van der Waals surface area contributed by atoms with Crippen molar-refractivity contribution in [2.24, 2.45) is 5.92 Å². The Labute approximate surface area is 168 Å². The fourth-order valence-electron chi connectivity index (χ4n) is 5.94. The summed E-state index contributed by atoms with van der Waals surface area (Å²) in [6, 6.07) is 16.4. The highest BCUT2D eigenvalue weighted by molar-refractivity contribution is 6.14. The second-order valence-electron chi connectivity index (χ2n) is 8.56. The van der Waals surface area contributed by atoms with Gasteiger partial charge in [-0.15, -0.1) is 0 Å². The van der Waals surface area contributed by atoms with Crippen molar-refractivity contribution in [3.8, 4) is 0 Å². The maximum Gasteiger partial charge on any atom is 0.318 e. The standard InChI is InChI=1S/C25H22O4/c1-2-3-12-19-22-21(23(26)28-19)25(24(27)29-22)13-18-14-8-4-6-10-16(14)20(25)17-11-7-5-9-15(17)18/h4-11,19,21-22H,2-3,12-13H2,1H3/t19-,21+,22+,25-/m0/s1. The van der Waals surface area contributed by atoms with E-state index in [1.807, 2.05) is 24.3 Å². The van der Waals surface area contributed by atoms with Crippen LogP contribution in [0.1, 0.15) is 37.3 Å². The van der Waals surface area contributed by atoms with E-state index < -0.39 is 17.4 Å². The zero-order valence-electron chi connectivity index (χ0n) is 16.3. The van der Waals surface area contributed by atoms with Gasteiger partial charge >= 0.3 is 11.9 Å². The minimum atomic E-state index is -0.971. The number of unbranched alkanes of at least 4 members (excludes halogenated alkanes) is 1. The molecule has 4 nitrogen and oxygen atoms in total. The molecule has 0 aromatic heterocycles. The van der Waals surface area contributed by atoms with Crippen LogP contribution in [0.15, 0.2) is 48.5 Å². The van der Waals surface area contributed by atoms with Crippen molar-refractivity contribution in [1.29, 1.82) is 0 Å². The molecule has 0 amide bonds. The van der Waals surface area contributed by atoms with Crippen molar-refractivity contribution >= 4 is 33.5 Å². The second-order valence-corrected chi connectivity index (χ2v) is 8.56. The predicted molar refractivity (Wildman–Crippen MR) is 110 cm³/mol. The van der Waals surface area contributed by atoms with Gasteiger partial charge in [0.2, 0.25) is 0 Å². The first-order chi connectivity index (χ1) is 14.2. The number of hydrogen-bond acceptors (Lipinski definition) is 4. The van der Waals surface area contributed by atoms with E-state index in [-0.39, 0.29) is 18.0 Å². The molecule has 0 N–H and O–H groups in total. The van der Waals surface area contributed by atoms with Crippen LogP contribution in [0, 0.1) is 5.92 Å². The maximum absolute atomic E-state index is 13.5. The number of esters is 2. The van der Waals surface area contributed by atoms with Crippen LogP contribution in [-0.4, -0.2) is 24.1 Å². The number of ether oxygens (including phenoxy) is 2. The summed E-state index contributed by atoms with van der Waals surface area (Å²) in [6.07, 6.45) is 2.41. The van der Waals surface area contributed by atoms with Crippen LogP contribution in [0.25, 0.3) is 21.5 Å². The van der Waals surface area contributed by atoms with Gasteiger partial charge in [-0.2, -0.15) is 0 Å². The molecule has 7 rings (SSSR count). The molecule has 0 radical (unpaired) electrons. The Bertz CT molecular complexity index is 1140. The minimum absolute atomic E-state index is 0.262. The number of hydrogen-bond donors (Lipinski definition) is 0. The molecule has 2 aliphatic carbocycles. The smallest absolute Gasteiger partial charge is 0.318 e.